The maximum Gasteiger partial charge on any atom is 0.191 e. The maximum atomic E-state index is 5.72. The second kappa shape index (κ2) is 18.2. The normalized spacial score (nSPS) is 12.5. The fraction of sp³-hybridized carbons (Fsp3) is 0.682. The first kappa shape index (κ1) is 27.1. The largest absolute Gasteiger partial charge is 0.377 e. The lowest BCUT2D eigenvalue weighted by molar-refractivity contribution is 0.117. The lowest BCUT2D eigenvalue weighted by Crippen LogP contribution is -2.42. The van der Waals surface area contributed by atoms with E-state index in [-0.39, 0.29) is 24.0 Å². The molecule has 0 saturated carbocycles. The molecular formula is C22H41IN4O. The predicted octanol–water partition coefficient (Wildman–Crippen LogP) is 4.28. The van der Waals surface area contributed by atoms with Gasteiger partial charge in [-0.05, 0) is 57.8 Å². The molecule has 1 atom stereocenters. The molecule has 28 heavy (non-hydrogen) atoms. The van der Waals surface area contributed by atoms with E-state index in [0.717, 1.165) is 51.5 Å². The summed E-state index contributed by atoms with van der Waals surface area (Å²) in [6.07, 6.45) is 4.50. The number of guanidine groups is 1. The summed E-state index contributed by atoms with van der Waals surface area (Å²) in [5, 5.41) is 6.89. The van der Waals surface area contributed by atoms with E-state index >= 15 is 0 Å². The van der Waals surface area contributed by atoms with Crippen molar-refractivity contribution in [1.29, 1.82) is 0 Å². The Morgan fingerprint density at radius 1 is 1.11 bits per heavy atom. The molecule has 0 amide bonds. The summed E-state index contributed by atoms with van der Waals surface area (Å²) in [4.78, 5) is 6.80. The number of aliphatic imine (C=N–C) groups is 1. The Morgan fingerprint density at radius 2 is 1.82 bits per heavy atom. The van der Waals surface area contributed by atoms with Crippen LogP contribution < -0.4 is 10.6 Å². The molecule has 0 spiro atoms. The summed E-state index contributed by atoms with van der Waals surface area (Å²) in [6, 6.07) is 10.8. The fourth-order valence-electron chi connectivity index (χ4n) is 2.96. The highest BCUT2D eigenvalue weighted by molar-refractivity contribution is 14.0. The second-order valence-electron chi connectivity index (χ2n) is 6.96. The fourth-order valence-corrected chi connectivity index (χ4v) is 2.96. The molecular weight excluding hydrogens is 463 g/mol. The minimum Gasteiger partial charge on any atom is -0.377 e. The summed E-state index contributed by atoms with van der Waals surface area (Å²) in [5.41, 5.74) is 1.23. The molecule has 0 radical (unpaired) electrons. The van der Waals surface area contributed by atoms with Gasteiger partial charge >= 0.3 is 0 Å². The van der Waals surface area contributed by atoms with Gasteiger partial charge in [0.15, 0.2) is 5.96 Å². The highest BCUT2D eigenvalue weighted by Gasteiger charge is 2.06. The Morgan fingerprint density at radius 3 is 2.46 bits per heavy atom. The third-order valence-corrected chi connectivity index (χ3v) is 4.73. The number of rotatable bonds is 14. The molecule has 1 aromatic carbocycles. The Labute approximate surface area is 189 Å². The molecule has 0 aliphatic heterocycles. The van der Waals surface area contributed by atoms with E-state index < -0.39 is 0 Å². The number of benzene rings is 1. The quantitative estimate of drug-likeness (QED) is 0.172. The third kappa shape index (κ3) is 13.3. The van der Waals surface area contributed by atoms with E-state index in [1.54, 1.807) is 0 Å². The number of nitrogens with zero attached hydrogens (tertiary/aromatic N) is 2. The number of hydrogen-bond donors (Lipinski definition) is 2. The summed E-state index contributed by atoms with van der Waals surface area (Å²) in [7, 11) is 1.83. The molecule has 5 nitrogen and oxygen atoms in total. The minimum atomic E-state index is 0. The van der Waals surface area contributed by atoms with E-state index in [4.69, 9.17) is 4.74 Å². The SMILES string of the molecule is CCN(CC)CCCC(C)NC(=NC)NCCCCOCc1ccccc1.I. The third-order valence-electron chi connectivity index (χ3n) is 4.73. The van der Waals surface area contributed by atoms with E-state index in [1.807, 2.05) is 25.2 Å². The zero-order chi connectivity index (χ0) is 19.7. The van der Waals surface area contributed by atoms with Gasteiger partial charge in [0, 0.05) is 26.2 Å². The number of ether oxygens (including phenoxy) is 1. The lowest BCUT2D eigenvalue weighted by Gasteiger charge is -2.21. The van der Waals surface area contributed by atoms with Crippen LogP contribution in [0.25, 0.3) is 0 Å². The number of halogens is 1. The molecule has 0 aliphatic rings. The predicted molar refractivity (Wildman–Crippen MR) is 132 cm³/mol. The number of nitrogens with one attached hydrogen (secondary N) is 2. The van der Waals surface area contributed by atoms with Gasteiger partial charge < -0.3 is 20.3 Å². The van der Waals surface area contributed by atoms with Gasteiger partial charge in [-0.1, -0.05) is 44.2 Å². The van der Waals surface area contributed by atoms with Crippen molar-refractivity contribution in [2.75, 3.05) is 39.8 Å². The molecule has 1 rings (SSSR count). The van der Waals surface area contributed by atoms with Crippen LogP contribution in [0.3, 0.4) is 0 Å². The van der Waals surface area contributed by atoms with E-state index in [2.05, 4.69) is 53.4 Å². The van der Waals surface area contributed by atoms with E-state index in [9.17, 15) is 0 Å². The van der Waals surface area contributed by atoms with Crippen LogP contribution in [0.15, 0.2) is 35.3 Å². The van der Waals surface area contributed by atoms with Gasteiger partial charge in [-0.15, -0.1) is 24.0 Å². The maximum absolute atomic E-state index is 5.72. The molecule has 0 aromatic heterocycles. The van der Waals surface area contributed by atoms with Crippen molar-refractivity contribution in [1.82, 2.24) is 15.5 Å². The molecule has 2 N–H and O–H groups in total. The zero-order valence-electron chi connectivity index (χ0n) is 18.2. The zero-order valence-corrected chi connectivity index (χ0v) is 20.6. The van der Waals surface area contributed by atoms with Crippen molar-refractivity contribution in [3.63, 3.8) is 0 Å². The van der Waals surface area contributed by atoms with Gasteiger partial charge in [-0.2, -0.15) is 0 Å². The van der Waals surface area contributed by atoms with E-state index in [1.165, 1.54) is 18.5 Å². The molecule has 0 bridgehead atoms. The molecule has 0 heterocycles. The Kier molecular flexibility index (Phi) is 17.6. The first-order chi connectivity index (χ1) is 13.2. The van der Waals surface area contributed by atoms with Crippen molar-refractivity contribution in [2.45, 2.75) is 59.1 Å². The standard InChI is InChI=1S/C22H40N4O.HI/c1-5-26(6-2)17-12-13-20(3)25-22(23-4)24-16-10-11-18-27-19-21-14-8-7-9-15-21;/h7-9,14-15,20H,5-6,10-13,16-19H2,1-4H3,(H2,23,24,25);1H. The summed E-state index contributed by atoms with van der Waals surface area (Å²) in [5.74, 6) is 0.899. The molecule has 1 unspecified atom stereocenters. The summed E-state index contributed by atoms with van der Waals surface area (Å²) in [6.45, 7) is 12.5. The first-order valence-electron chi connectivity index (χ1n) is 10.5. The van der Waals surface area contributed by atoms with Gasteiger partial charge in [-0.25, -0.2) is 0 Å². The van der Waals surface area contributed by atoms with Crippen LogP contribution in [0, 0.1) is 0 Å². The molecule has 6 heteroatoms. The van der Waals surface area contributed by atoms with Crippen molar-refractivity contribution < 1.29 is 4.74 Å². The Balaban J connectivity index is 0.00000729. The molecule has 1 aromatic rings. The highest BCUT2D eigenvalue weighted by atomic mass is 127. The van der Waals surface area contributed by atoms with Gasteiger partial charge in [0.25, 0.3) is 0 Å². The monoisotopic (exact) mass is 504 g/mol. The highest BCUT2D eigenvalue weighted by Crippen LogP contribution is 2.02. The van der Waals surface area contributed by atoms with Gasteiger partial charge in [0.1, 0.15) is 0 Å². The topological polar surface area (TPSA) is 48.9 Å². The minimum absolute atomic E-state index is 0. The number of hydrogen-bond acceptors (Lipinski definition) is 3. The molecule has 0 fully saturated rings. The van der Waals surface area contributed by atoms with Crippen LogP contribution in [0.5, 0.6) is 0 Å². The van der Waals surface area contributed by atoms with Gasteiger partial charge in [0.2, 0.25) is 0 Å². The smallest absolute Gasteiger partial charge is 0.191 e. The van der Waals surface area contributed by atoms with Crippen molar-refractivity contribution in [3.05, 3.63) is 35.9 Å². The summed E-state index contributed by atoms with van der Waals surface area (Å²) < 4.78 is 5.72. The lowest BCUT2D eigenvalue weighted by atomic mass is 10.2. The Hall–Kier alpha value is -0.860. The van der Waals surface area contributed by atoms with Crippen LogP contribution in [0.2, 0.25) is 0 Å². The van der Waals surface area contributed by atoms with Gasteiger partial charge in [-0.3, -0.25) is 4.99 Å². The van der Waals surface area contributed by atoms with Crippen LogP contribution in [0.1, 0.15) is 52.0 Å². The average molecular weight is 505 g/mol. The molecule has 0 aliphatic carbocycles. The van der Waals surface area contributed by atoms with Crippen LogP contribution in [-0.4, -0.2) is 56.7 Å². The molecule has 0 saturated heterocycles. The van der Waals surface area contributed by atoms with Gasteiger partial charge in [0.05, 0.1) is 6.61 Å². The van der Waals surface area contributed by atoms with E-state index in [0.29, 0.717) is 12.6 Å². The summed E-state index contributed by atoms with van der Waals surface area (Å²) >= 11 is 0. The van der Waals surface area contributed by atoms with Crippen LogP contribution >= 0.6 is 24.0 Å². The van der Waals surface area contributed by atoms with Crippen LogP contribution in [-0.2, 0) is 11.3 Å². The number of unbranched alkanes of at least 4 members (excludes halogenated alkanes) is 1. The van der Waals surface area contributed by atoms with Crippen molar-refractivity contribution in [3.8, 4) is 0 Å². The average Bonchev–Trinajstić information content (AvgIpc) is 2.70. The molecule has 162 valence electrons. The van der Waals surface area contributed by atoms with Crippen molar-refractivity contribution >= 4 is 29.9 Å². The Bertz CT molecular complexity index is 495. The first-order valence-corrected chi connectivity index (χ1v) is 10.5. The van der Waals surface area contributed by atoms with Crippen LogP contribution in [0.4, 0.5) is 0 Å². The van der Waals surface area contributed by atoms with Crippen molar-refractivity contribution in [2.24, 2.45) is 4.99 Å². The second-order valence-corrected chi connectivity index (χ2v) is 6.96.